The van der Waals surface area contributed by atoms with Gasteiger partial charge in [0.15, 0.2) is 5.67 Å². The van der Waals surface area contributed by atoms with Gasteiger partial charge in [0.2, 0.25) is 0 Å². The molecule has 0 saturated heterocycles. The van der Waals surface area contributed by atoms with Crippen molar-refractivity contribution in [3.05, 3.63) is 35.4 Å². The number of nitrogens with two attached hydrogens (primary N) is 1. The highest BCUT2D eigenvalue weighted by molar-refractivity contribution is 5.30. The van der Waals surface area contributed by atoms with Crippen molar-refractivity contribution in [3.63, 3.8) is 0 Å². The Morgan fingerprint density at radius 3 is 1.88 bits per heavy atom. The normalized spacial score (nSPS) is 16.0. The van der Waals surface area contributed by atoms with Crippen LogP contribution in [0.25, 0.3) is 0 Å². The van der Waals surface area contributed by atoms with Crippen molar-refractivity contribution in [1.29, 1.82) is 0 Å². The second kappa shape index (κ2) is 4.77. The van der Waals surface area contributed by atoms with Crippen LogP contribution in [0.4, 0.5) is 4.39 Å². The number of alkyl halides is 1. The quantitative estimate of drug-likeness (QED) is 0.845. The minimum atomic E-state index is -1.47. The summed E-state index contributed by atoms with van der Waals surface area (Å²) in [5.41, 5.74) is 5.58. The van der Waals surface area contributed by atoms with E-state index in [1.807, 2.05) is 45.0 Å². The number of hydrogen-bond donors (Lipinski definition) is 1. The fraction of sp³-hybridized carbons (Fsp3) is 0.600. The summed E-state index contributed by atoms with van der Waals surface area (Å²) in [6, 6.07) is 7.73. The molecule has 0 aliphatic carbocycles. The van der Waals surface area contributed by atoms with Crippen molar-refractivity contribution in [1.82, 2.24) is 0 Å². The standard InChI is InChI=1S/C15H24FN/c1-11(2)12-6-8-13(9-7-12)15(16,10-17)14(3,4)5/h6-9,11H,10,17H2,1-5H3. The van der Waals surface area contributed by atoms with Crippen molar-refractivity contribution < 1.29 is 4.39 Å². The lowest BCUT2D eigenvalue weighted by Crippen LogP contribution is -2.42. The number of benzene rings is 1. The average molecular weight is 237 g/mol. The molecule has 0 radical (unpaired) electrons. The summed E-state index contributed by atoms with van der Waals surface area (Å²) in [7, 11) is 0. The lowest BCUT2D eigenvalue weighted by Gasteiger charge is -2.37. The molecule has 0 bridgehead atoms. The molecule has 1 aromatic rings. The predicted octanol–water partition coefficient (Wildman–Crippen LogP) is 3.98. The van der Waals surface area contributed by atoms with Crippen LogP contribution in [0.3, 0.4) is 0 Å². The van der Waals surface area contributed by atoms with E-state index >= 15 is 0 Å². The molecular formula is C15H24FN. The van der Waals surface area contributed by atoms with Gasteiger partial charge in [-0.1, -0.05) is 58.9 Å². The van der Waals surface area contributed by atoms with E-state index in [2.05, 4.69) is 13.8 Å². The second-order valence-corrected chi connectivity index (χ2v) is 6.03. The molecule has 96 valence electrons. The van der Waals surface area contributed by atoms with Crippen LogP contribution in [0, 0.1) is 5.41 Å². The average Bonchev–Trinajstić information content (AvgIpc) is 2.26. The molecule has 0 aliphatic heterocycles. The van der Waals surface area contributed by atoms with Crippen LogP contribution in [-0.4, -0.2) is 6.54 Å². The number of rotatable bonds is 3. The molecule has 1 aromatic carbocycles. The van der Waals surface area contributed by atoms with E-state index in [0.717, 1.165) is 0 Å². The highest BCUT2D eigenvalue weighted by atomic mass is 19.1. The summed E-state index contributed by atoms with van der Waals surface area (Å²) in [4.78, 5) is 0. The molecule has 2 heteroatoms. The first-order valence-electron chi connectivity index (χ1n) is 6.22. The molecule has 0 aromatic heterocycles. The van der Waals surface area contributed by atoms with Gasteiger partial charge in [-0.25, -0.2) is 4.39 Å². The topological polar surface area (TPSA) is 26.0 Å². The first-order chi connectivity index (χ1) is 7.72. The van der Waals surface area contributed by atoms with Gasteiger partial charge in [-0.3, -0.25) is 0 Å². The van der Waals surface area contributed by atoms with Crippen LogP contribution < -0.4 is 5.73 Å². The number of hydrogen-bond acceptors (Lipinski definition) is 1. The summed E-state index contributed by atoms with van der Waals surface area (Å²) in [6.45, 7) is 9.93. The molecule has 0 fully saturated rings. The molecule has 2 N–H and O–H groups in total. The first kappa shape index (κ1) is 14.2. The van der Waals surface area contributed by atoms with Gasteiger partial charge in [-0.2, -0.15) is 0 Å². The van der Waals surface area contributed by atoms with Gasteiger partial charge in [-0.05, 0) is 17.0 Å². The van der Waals surface area contributed by atoms with Crippen LogP contribution in [-0.2, 0) is 5.67 Å². The third kappa shape index (κ3) is 2.68. The summed E-state index contributed by atoms with van der Waals surface area (Å²) < 4.78 is 15.0. The third-order valence-electron chi connectivity index (χ3n) is 3.51. The first-order valence-corrected chi connectivity index (χ1v) is 6.22. The van der Waals surface area contributed by atoms with Gasteiger partial charge in [0.05, 0.1) is 0 Å². The van der Waals surface area contributed by atoms with E-state index in [0.29, 0.717) is 11.5 Å². The Morgan fingerprint density at radius 2 is 1.59 bits per heavy atom. The molecular weight excluding hydrogens is 213 g/mol. The minimum absolute atomic E-state index is 0.0114. The maximum Gasteiger partial charge on any atom is 0.152 e. The van der Waals surface area contributed by atoms with Crippen LogP contribution in [0.2, 0.25) is 0 Å². The van der Waals surface area contributed by atoms with Gasteiger partial charge in [0.1, 0.15) is 0 Å². The van der Waals surface area contributed by atoms with Gasteiger partial charge in [0, 0.05) is 12.0 Å². The Labute approximate surface area is 104 Å². The highest BCUT2D eigenvalue weighted by Crippen LogP contribution is 2.42. The van der Waals surface area contributed by atoms with Gasteiger partial charge in [0.25, 0.3) is 0 Å². The molecule has 0 heterocycles. The maximum absolute atomic E-state index is 15.0. The minimum Gasteiger partial charge on any atom is -0.327 e. The molecule has 17 heavy (non-hydrogen) atoms. The monoisotopic (exact) mass is 237 g/mol. The zero-order valence-electron chi connectivity index (χ0n) is 11.5. The Kier molecular flexibility index (Phi) is 3.98. The van der Waals surface area contributed by atoms with Crippen LogP contribution in [0.1, 0.15) is 51.7 Å². The Balaban J connectivity index is 3.14. The van der Waals surface area contributed by atoms with Crippen LogP contribution in [0.15, 0.2) is 24.3 Å². The third-order valence-corrected chi connectivity index (χ3v) is 3.51. The predicted molar refractivity (Wildman–Crippen MR) is 71.8 cm³/mol. The summed E-state index contributed by atoms with van der Waals surface area (Å²) in [5, 5.41) is 0. The van der Waals surface area contributed by atoms with Crippen molar-refractivity contribution in [2.45, 2.75) is 46.2 Å². The lowest BCUT2D eigenvalue weighted by molar-refractivity contribution is 0.0343. The van der Waals surface area contributed by atoms with Gasteiger partial charge >= 0.3 is 0 Å². The van der Waals surface area contributed by atoms with E-state index in [4.69, 9.17) is 5.73 Å². The zero-order chi connectivity index (χ0) is 13.3. The van der Waals surface area contributed by atoms with Crippen molar-refractivity contribution >= 4 is 0 Å². The second-order valence-electron chi connectivity index (χ2n) is 6.03. The van der Waals surface area contributed by atoms with Crippen molar-refractivity contribution in [2.75, 3.05) is 6.54 Å². The molecule has 1 unspecified atom stereocenters. The fourth-order valence-corrected chi connectivity index (χ4v) is 1.99. The molecule has 0 spiro atoms. The zero-order valence-corrected chi connectivity index (χ0v) is 11.5. The highest BCUT2D eigenvalue weighted by Gasteiger charge is 2.42. The largest absolute Gasteiger partial charge is 0.327 e. The van der Waals surface area contributed by atoms with E-state index < -0.39 is 11.1 Å². The van der Waals surface area contributed by atoms with Crippen LogP contribution in [0.5, 0.6) is 0 Å². The molecule has 0 aliphatic rings. The molecule has 1 rings (SSSR count). The number of halogens is 1. The van der Waals surface area contributed by atoms with Crippen LogP contribution >= 0.6 is 0 Å². The van der Waals surface area contributed by atoms with E-state index in [1.165, 1.54) is 5.56 Å². The van der Waals surface area contributed by atoms with Crippen molar-refractivity contribution in [2.24, 2.45) is 11.1 Å². The van der Waals surface area contributed by atoms with E-state index in [-0.39, 0.29) is 6.54 Å². The molecule has 0 amide bonds. The smallest absolute Gasteiger partial charge is 0.152 e. The van der Waals surface area contributed by atoms with E-state index in [1.54, 1.807) is 0 Å². The summed E-state index contributed by atoms with van der Waals surface area (Å²) in [5.74, 6) is 0.463. The van der Waals surface area contributed by atoms with E-state index in [9.17, 15) is 4.39 Å². The maximum atomic E-state index is 15.0. The van der Waals surface area contributed by atoms with Gasteiger partial charge < -0.3 is 5.73 Å². The molecule has 0 saturated carbocycles. The summed E-state index contributed by atoms with van der Waals surface area (Å²) in [6.07, 6.45) is 0. The fourth-order valence-electron chi connectivity index (χ4n) is 1.99. The molecule has 1 atom stereocenters. The Bertz CT molecular complexity index is 362. The SMILES string of the molecule is CC(C)c1ccc(C(F)(CN)C(C)(C)C)cc1. The van der Waals surface area contributed by atoms with Gasteiger partial charge in [-0.15, -0.1) is 0 Å². The lowest BCUT2D eigenvalue weighted by atomic mass is 9.73. The molecule has 1 nitrogen and oxygen atoms in total. The van der Waals surface area contributed by atoms with Crippen molar-refractivity contribution in [3.8, 4) is 0 Å². The Hall–Kier alpha value is -0.890. The summed E-state index contributed by atoms with van der Waals surface area (Å²) >= 11 is 0. The Morgan fingerprint density at radius 1 is 1.12 bits per heavy atom.